The highest BCUT2D eigenvalue weighted by molar-refractivity contribution is 5.99. The van der Waals surface area contributed by atoms with Gasteiger partial charge in [0, 0.05) is 37.2 Å². The lowest BCUT2D eigenvalue weighted by Gasteiger charge is -2.14. The van der Waals surface area contributed by atoms with Gasteiger partial charge >= 0.3 is 6.03 Å². The zero-order valence-electron chi connectivity index (χ0n) is 17.4. The summed E-state index contributed by atoms with van der Waals surface area (Å²) >= 11 is 0. The first-order valence-corrected chi connectivity index (χ1v) is 9.35. The van der Waals surface area contributed by atoms with Crippen LogP contribution >= 0.6 is 0 Å². The summed E-state index contributed by atoms with van der Waals surface area (Å²) in [7, 11) is 3.88. The Hall–Kier alpha value is -3.61. The number of carbonyl (C=O) groups excluding carboxylic acids is 1. The Bertz CT molecular complexity index is 1010. The maximum atomic E-state index is 12.2. The highest BCUT2D eigenvalue weighted by Crippen LogP contribution is 2.21. The molecule has 0 spiro atoms. The van der Waals surface area contributed by atoms with Crippen LogP contribution in [0.15, 0.2) is 48.5 Å². The maximum Gasteiger partial charge on any atom is 0.323 e. The summed E-state index contributed by atoms with van der Waals surface area (Å²) in [6.45, 7) is 5.92. The standard InChI is InChI=1S/C22H26N6O/c1-14-6-7-19(12-15(14)2)27-22(29)26-18-10-8-17(9-11-18)25-20-13-21(28(4)5)24-16(3)23-20/h6-13H,1-5H3,(H,23,24,25)(H2,26,27,29). The molecule has 0 saturated heterocycles. The summed E-state index contributed by atoms with van der Waals surface area (Å²) in [5.41, 5.74) is 4.66. The molecular formula is C22H26N6O. The van der Waals surface area contributed by atoms with Crippen molar-refractivity contribution in [3.8, 4) is 0 Å². The lowest BCUT2D eigenvalue weighted by atomic mass is 10.1. The molecule has 0 fully saturated rings. The summed E-state index contributed by atoms with van der Waals surface area (Å²) < 4.78 is 0. The first-order chi connectivity index (χ1) is 13.8. The average molecular weight is 390 g/mol. The van der Waals surface area contributed by atoms with Crippen molar-refractivity contribution >= 4 is 34.7 Å². The maximum absolute atomic E-state index is 12.2. The van der Waals surface area contributed by atoms with Gasteiger partial charge in [-0.1, -0.05) is 6.07 Å². The predicted octanol–water partition coefficient (Wildman–Crippen LogP) is 4.86. The normalized spacial score (nSPS) is 10.4. The fraction of sp³-hybridized carbons (Fsp3) is 0.227. The van der Waals surface area contributed by atoms with Crippen molar-refractivity contribution in [3.63, 3.8) is 0 Å². The molecule has 7 heteroatoms. The van der Waals surface area contributed by atoms with Gasteiger partial charge in [0.2, 0.25) is 0 Å². The highest BCUT2D eigenvalue weighted by Gasteiger charge is 2.06. The lowest BCUT2D eigenvalue weighted by Crippen LogP contribution is -2.19. The van der Waals surface area contributed by atoms with E-state index in [1.807, 2.05) is 88.3 Å². The third-order valence-corrected chi connectivity index (χ3v) is 4.46. The van der Waals surface area contributed by atoms with E-state index < -0.39 is 0 Å². The minimum absolute atomic E-state index is 0.281. The fourth-order valence-electron chi connectivity index (χ4n) is 2.74. The van der Waals surface area contributed by atoms with Crippen molar-refractivity contribution in [2.75, 3.05) is 34.9 Å². The Balaban J connectivity index is 1.62. The van der Waals surface area contributed by atoms with Gasteiger partial charge in [-0.05, 0) is 68.3 Å². The number of benzene rings is 2. The zero-order valence-corrected chi connectivity index (χ0v) is 17.4. The molecule has 3 aromatic rings. The van der Waals surface area contributed by atoms with Crippen LogP contribution in [0.3, 0.4) is 0 Å². The van der Waals surface area contributed by atoms with Crippen molar-refractivity contribution < 1.29 is 4.79 Å². The van der Waals surface area contributed by atoms with Crippen molar-refractivity contribution in [1.82, 2.24) is 9.97 Å². The molecule has 2 aromatic carbocycles. The molecule has 0 saturated carbocycles. The van der Waals surface area contributed by atoms with E-state index in [2.05, 4.69) is 25.9 Å². The summed E-state index contributed by atoms with van der Waals surface area (Å²) in [5.74, 6) is 2.25. The second-order valence-corrected chi connectivity index (χ2v) is 7.13. The minimum atomic E-state index is -0.281. The van der Waals surface area contributed by atoms with E-state index >= 15 is 0 Å². The molecule has 0 atom stereocenters. The number of anilines is 5. The van der Waals surface area contributed by atoms with E-state index in [4.69, 9.17) is 0 Å². The number of carbonyl (C=O) groups is 1. The van der Waals surface area contributed by atoms with Crippen LogP contribution in [-0.2, 0) is 0 Å². The summed E-state index contributed by atoms with van der Waals surface area (Å²) in [4.78, 5) is 23.0. The van der Waals surface area contributed by atoms with Crippen molar-refractivity contribution in [2.24, 2.45) is 0 Å². The molecule has 0 aliphatic heterocycles. The SMILES string of the molecule is Cc1nc(Nc2ccc(NC(=O)Nc3ccc(C)c(C)c3)cc2)cc(N(C)C)n1. The van der Waals surface area contributed by atoms with Crippen molar-refractivity contribution in [3.05, 3.63) is 65.5 Å². The number of hydrogen-bond acceptors (Lipinski definition) is 5. The van der Waals surface area contributed by atoms with Gasteiger partial charge in [0.15, 0.2) is 0 Å². The van der Waals surface area contributed by atoms with Crippen molar-refractivity contribution in [2.45, 2.75) is 20.8 Å². The molecular weight excluding hydrogens is 364 g/mol. The molecule has 2 amide bonds. The molecule has 0 bridgehead atoms. The van der Waals surface area contributed by atoms with E-state index in [1.54, 1.807) is 0 Å². The monoisotopic (exact) mass is 390 g/mol. The zero-order chi connectivity index (χ0) is 21.0. The van der Waals surface area contributed by atoms with Gasteiger partial charge in [-0.2, -0.15) is 0 Å². The molecule has 1 aromatic heterocycles. The van der Waals surface area contributed by atoms with Gasteiger partial charge in [-0.3, -0.25) is 0 Å². The Kier molecular flexibility index (Phi) is 5.97. The number of aromatic nitrogens is 2. The molecule has 150 valence electrons. The van der Waals surface area contributed by atoms with Crippen LogP contribution in [0.1, 0.15) is 17.0 Å². The molecule has 1 heterocycles. The first-order valence-electron chi connectivity index (χ1n) is 9.35. The van der Waals surface area contributed by atoms with E-state index in [0.29, 0.717) is 11.5 Å². The number of amides is 2. The Morgan fingerprint density at radius 2 is 1.41 bits per heavy atom. The van der Waals surface area contributed by atoms with Gasteiger partial charge in [0.05, 0.1) is 0 Å². The third kappa shape index (κ3) is 5.44. The first kappa shape index (κ1) is 20.1. The van der Waals surface area contributed by atoms with E-state index in [1.165, 1.54) is 5.56 Å². The molecule has 3 rings (SSSR count). The molecule has 7 nitrogen and oxygen atoms in total. The molecule has 0 radical (unpaired) electrons. The van der Waals surface area contributed by atoms with Gasteiger partial charge in [0.25, 0.3) is 0 Å². The summed E-state index contributed by atoms with van der Waals surface area (Å²) in [6, 6.07) is 14.9. The highest BCUT2D eigenvalue weighted by atomic mass is 16.2. The molecule has 0 unspecified atom stereocenters. The van der Waals surface area contributed by atoms with Crippen LogP contribution in [-0.4, -0.2) is 30.1 Å². The van der Waals surface area contributed by atoms with Gasteiger partial charge < -0.3 is 20.9 Å². The number of nitrogens with zero attached hydrogens (tertiary/aromatic N) is 3. The number of rotatable bonds is 5. The van der Waals surface area contributed by atoms with E-state index in [9.17, 15) is 4.79 Å². The summed E-state index contributed by atoms with van der Waals surface area (Å²) in [5, 5.41) is 8.95. The topological polar surface area (TPSA) is 82.2 Å². The smallest absolute Gasteiger partial charge is 0.323 e. The largest absolute Gasteiger partial charge is 0.363 e. The lowest BCUT2D eigenvalue weighted by molar-refractivity contribution is 0.262. The van der Waals surface area contributed by atoms with Crippen LogP contribution in [0.2, 0.25) is 0 Å². The Morgan fingerprint density at radius 3 is 2.07 bits per heavy atom. The molecule has 29 heavy (non-hydrogen) atoms. The van der Waals surface area contributed by atoms with E-state index in [0.717, 1.165) is 28.6 Å². The Morgan fingerprint density at radius 1 is 0.793 bits per heavy atom. The third-order valence-electron chi connectivity index (χ3n) is 4.46. The summed E-state index contributed by atoms with van der Waals surface area (Å²) in [6.07, 6.45) is 0. The molecule has 3 N–H and O–H groups in total. The van der Waals surface area contributed by atoms with Crippen LogP contribution in [0.25, 0.3) is 0 Å². The van der Waals surface area contributed by atoms with Crippen LogP contribution in [0, 0.1) is 20.8 Å². The van der Waals surface area contributed by atoms with Crippen LogP contribution < -0.4 is 20.9 Å². The number of hydrogen-bond donors (Lipinski definition) is 3. The molecule has 0 aliphatic carbocycles. The quantitative estimate of drug-likeness (QED) is 0.580. The molecule has 0 aliphatic rings. The number of urea groups is 1. The van der Waals surface area contributed by atoms with Gasteiger partial charge in [-0.15, -0.1) is 0 Å². The second-order valence-electron chi connectivity index (χ2n) is 7.13. The van der Waals surface area contributed by atoms with Gasteiger partial charge in [-0.25, -0.2) is 14.8 Å². The van der Waals surface area contributed by atoms with Crippen LogP contribution in [0.4, 0.5) is 33.5 Å². The average Bonchev–Trinajstić information content (AvgIpc) is 2.66. The van der Waals surface area contributed by atoms with Crippen molar-refractivity contribution in [1.29, 1.82) is 0 Å². The van der Waals surface area contributed by atoms with Crippen LogP contribution in [0.5, 0.6) is 0 Å². The number of aryl methyl sites for hydroxylation is 3. The second kappa shape index (κ2) is 8.60. The fourth-order valence-corrected chi connectivity index (χ4v) is 2.74. The van der Waals surface area contributed by atoms with E-state index in [-0.39, 0.29) is 6.03 Å². The predicted molar refractivity (Wildman–Crippen MR) is 119 cm³/mol. The Labute approximate surface area is 171 Å². The minimum Gasteiger partial charge on any atom is -0.363 e. The number of nitrogens with one attached hydrogen (secondary N) is 3. The van der Waals surface area contributed by atoms with Gasteiger partial charge in [0.1, 0.15) is 17.5 Å².